The number of fused-ring (bicyclic) bond motifs is 1. The molecule has 0 radical (unpaired) electrons. The Morgan fingerprint density at radius 2 is 1.78 bits per heavy atom. The zero-order valence-corrected chi connectivity index (χ0v) is 18.7. The predicted octanol–water partition coefficient (Wildman–Crippen LogP) is 7.16. The highest BCUT2D eigenvalue weighted by Gasteiger charge is 2.14. The van der Waals surface area contributed by atoms with E-state index in [1.165, 1.54) is 5.56 Å². The molecule has 0 saturated heterocycles. The van der Waals surface area contributed by atoms with Crippen LogP contribution in [0.1, 0.15) is 12.5 Å². The highest BCUT2D eigenvalue weighted by molar-refractivity contribution is 7.13. The van der Waals surface area contributed by atoms with E-state index in [9.17, 15) is 0 Å². The third kappa shape index (κ3) is 4.07. The van der Waals surface area contributed by atoms with Crippen LogP contribution in [-0.2, 0) is 0 Å². The Morgan fingerprint density at radius 3 is 2.56 bits per heavy atom. The average molecular weight is 439 g/mol. The Balaban J connectivity index is 1.70. The molecule has 5 aromatic rings. The summed E-state index contributed by atoms with van der Waals surface area (Å²) in [4.78, 5) is 9.72. The molecule has 3 aromatic carbocycles. The van der Waals surface area contributed by atoms with Gasteiger partial charge in [0.1, 0.15) is 5.01 Å². The van der Waals surface area contributed by atoms with Crippen LogP contribution >= 0.6 is 11.3 Å². The molecule has 0 aliphatic heterocycles. The Labute approximate surface area is 190 Å². The van der Waals surface area contributed by atoms with Crippen molar-refractivity contribution >= 4 is 28.0 Å². The maximum Gasteiger partial charge on any atom is 0.230 e. The molecular formula is C27H22N2O2S. The lowest BCUT2D eigenvalue weighted by molar-refractivity contribution is 0.337. The normalized spacial score (nSPS) is 11.8. The maximum atomic E-state index is 6.34. The van der Waals surface area contributed by atoms with Crippen LogP contribution in [-0.4, -0.2) is 11.6 Å². The van der Waals surface area contributed by atoms with Crippen LogP contribution in [0.2, 0.25) is 0 Å². The van der Waals surface area contributed by atoms with Crippen molar-refractivity contribution in [2.45, 2.75) is 13.8 Å². The summed E-state index contributed by atoms with van der Waals surface area (Å²) in [5.74, 6) is 0.709. The summed E-state index contributed by atoms with van der Waals surface area (Å²) >= 11 is 1.59. The van der Waals surface area contributed by atoms with Crippen LogP contribution < -0.4 is 10.3 Å². The maximum absolute atomic E-state index is 6.34. The smallest absolute Gasteiger partial charge is 0.230 e. The minimum Gasteiger partial charge on any atom is -0.490 e. The van der Waals surface area contributed by atoms with Crippen molar-refractivity contribution in [1.82, 2.24) is 4.98 Å². The molecule has 0 N–H and O–H groups in total. The molecule has 32 heavy (non-hydrogen) atoms. The highest BCUT2D eigenvalue weighted by atomic mass is 32.1. The predicted molar refractivity (Wildman–Crippen MR) is 130 cm³/mol. The third-order valence-corrected chi connectivity index (χ3v) is 5.98. The molecule has 5 heteroatoms. The van der Waals surface area contributed by atoms with Gasteiger partial charge in [-0.1, -0.05) is 60.2 Å². The molecular weight excluding hydrogens is 416 g/mol. The summed E-state index contributed by atoms with van der Waals surface area (Å²) in [6.45, 7) is 4.61. The second kappa shape index (κ2) is 8.81. The monoisotopic (exact) mass is 438 g/mol. The Morgan fingerprint density at radius 1 is 0.969 bits per heavy atom. The molecule has 5 rings (SSSR count). The first-order chi connectivity index (χ1) is 15.7. The van der Waals surface area contributed by atoms with E-state index in [4.69, 9.17) is 19.1 Å². The summed E-state index contributed by atoms with van der Waals surface area (Å²) < 4.78 is 12.1. The van der Waals surface area contributed by atoms with E-state index in [2.05, 4.69) is 42.6 Å². The molecule has 0 amide bonds. The second-order valence-corrected chi connectivity index (χ2v) is 8.28. The Kier molecular flexibility index (Phi) is 5.57. The van der Waals surface area contributed by atoms with Crippen molar-refractivity contribution < 1.29 is 9.15 Å². The minimum atomic E-state index is 0.514. The molecule has 0 unspecified atom stereocenters. The van der Waals surface area contributed by atoms with Gasteiger partial charge in [0.15, 0.2) is 11.3 Å². The van der Waals surface area contributed by atoms with Gasteiger partial charge in [-0.05, 0) is 38.1 Å². The number of nitrogens with zero attached hydrogens (tertiary/aromatic N) is 2. The zero-order valence-electron chi connectivity index (χ0n) is 17.9. The van der Waals surface area contributed by atoms with Crippen LogP contribution in [0.25, 0.3) is 32.8 Å². The van der Waals surface area contributed by atoms with Crippen molar-refractivity contribution in [3.8, 4) is 27.6 Å². The number of rotatable bonds is 5. The molecule has 0 aliphatic carbocycles. The van der Waals surface area contributed by atoms with Crippen LogP contribution in [0.15, 0.2) is 93.7 Å². The largest absolute Gasteiger partial charge is 0.490 e. The number of aryl methyl sites for hydroxylation is 1. The van der Waals surface area contributed by atoms with Gasteiger partial charge >= 0.3 is 0 Å². The van der Waals surface area contributed by atoms with Crippen molar-refractivity contribution in [2.75, 3.05) is 6.61 Å². The second-order valence-electron chi connectivity index (χ2n) is 7.42. The fourth-order valence-corrected chi connectivity index (χ4v) is 4.34. The van der Waals surface area contributed by atoms with Gasteiger partial charge in [-0.25, -0.2) is 9.98 Å². The average Bonchev–Trinajstić information content (AvgIpc) is 3.30. The number of para-hydroxylation sites is 2. The van der Waals surface area contributed by atoms with Crippen molar-refractivity contribution in [2.24, 2.45) is 4.99 Å². The first-order valence-corrected chi connectivity index (χ1v) is 11.4. The molecule has 0 bridgehead atoms. The van der Waals surface area contributed by atoms with Gasteiger partial charge in [-0.3, -0.25) is 0 Å². The first kappa shape index (κ1) is 20.2. The van der Waals surface area contributed by atoms with Gasteiger partial charge in [0.2, 0.25) is 5.55 Å². The molecule has 0 atom stereocenters. The van der Waals surface area contributed by atoms with Crippen LogP contribution in [0.4, 0.5) is 5.69 Å². The van der Waals surface area contributed by atoms with Gasteiger partial charge in [0.05, 0.1) is 23.6 Å². The van der Waals surface area contributed by atoms with Gasteiger partial charge in [-0.2, -0.15) is 0 Å². The summed E-state index contributed by atoms with van der Waals surface area (Å²) in [6.07, 6.45) is 0. The molecule has 0 aliphatic rings. The molecule has 0 saturated carbocycles. The van der Waals surface area contributed by atoms with Gasteiger partial charge in [0, 0.05) is 16.3 Å². The fraction of sp³-hybridized carbons (Fsp3) is 0.111. The van der Waals surface area contributed by atoms with Crippen molar-refractivity contribution in [3.05, 3.63) is 95.4 Å². The van der Waals surface area contributed by atoms with Crippen molar-refractivity contribution in [1.29, 1.82) is 0 Å². The Bertz CT molecular complexity index is 1430. The van der Waals surface area contributed by atoms with E-state index in [-0.39, 0.29) is 0 Å². The number of hydrogen-bond donors (Lipinski definition) is 0. The van der Waals surface area contributed by atoms with E-state index in [0.717, 1.165) is 32.9 Å². The number of hydrogen-bond acceptors (Lipinski definition) is 5. The molecule has 0 spiro atoms. The van der Waals surface area contributed by atoms with E-state index < -0.39 is 0 Å². The minimum absolute atomic E-state index is 0.514. The quantitative estimate of drug-likeness (QED) is 0.292. The lowest BCUT2D eigenvalue weighted by atomic mass is 10.1. The fourth-order valence-electron chi connectivity index (χ4n) is 3.50. The molecule has 2 aromatic heterocycles. The molecule has 2 heterocycles. The number of aromatic nitrogens is 1. The van der Waals surface area contributed by atoms with Gasteiger partial charge in [-0.15, -0.1) is 11.3 Å². The molecule has 4 nitrogen and oxygen atoms in total. The molecule has 158 valence electrons. The SMILES string of the molecule is CCOc1cccc2cc(-c3nc(-c4ccc(C)cc4)cs3)c(=Nc3ccccc3)oc12. The van der Waals surface area contributed by atoms with Gasteiger partial charge in [0.25, 0.3) is 0 Å². The summed E-state index contributed by atoms with van der Waals surface area (Å²) in [5, 5.41) is 3.89. The van der Waals surface area contributed by atoms with Crippen LogP contribution in [0.5, 0.6) is 5.75 Å². The van der Waals surface area contributed by atoms with Crippen LogP contribution in [0, 0.1) is 6.92 Å². The summed E-state index contributed by atoms with van der Waals surface area (Å²) in [7, 11) is 0. The zero-order chi connectivity index (χ0) is 21.9. The van der Waals surface area contributed by atoms with Gasteiger partial charge < -0.3 is 9.15 Å². The Hall–Kier alpha value is -3.70. The number of ether oxygens (including phenoxy) is 1. The lowest BCUT2D eigenvalue weighted by Crippen LogP contribution is -2.06. The van der Waals surface area contributed by atoms with E-state index in [1.807, 2.05) is 55.5 Å². The first-order valence-electron chi connectivity index (χ1n) is 10.5. The van der Waals surface area contributed by atoms with Crippen molar-refractivity contribution in [3.63, 3.8) is 0 Å². The number of thiazole rings is 1. The van der Waals surface area contributed by atoms with E-state index >= 15 is 0 Å². The third-order valence-electron chi connectivity index (χ3n) is 5.11. The molecule has 0 fully saturated rings. The topological polar surface area (TPSA) is 47.6 Å². The summed E-state index contributed by atoms with van der Waals surface area (Å²) in [5.41, 5.74) is 6.14. The lowest BCUT2D eigenvalue weighted by Gasteiger charge is -2.08. The number of benzene rings is 3. The van der Waals surface area contributed by atoms with E-state index in [1.54, 1.807) is 11.3 Å². The van der Waals surface area contributed by atoms with E-state index in [0.29, 0.717) is 23.5 Å². The summed E-state index contributed by atoms with van der Waals surface area (Å²) in [6, 6.07) is 26.2. The van der Waals surface area contributed by atoms with Crippen LogP contribution in [0.3, 0.4) is 0 Å². The standard InChI is InChI=1S/C27H22N2O2S/c1-3-30-24-11-7-8-20-16-22(26(31-25(20)24)28-21-9-5-4-6-10-21)27-29-23(17-32-27)19-14-12-18(2)13-15-19/h4-17H,3H2,1-2H3. The highest BCUT2D eigenvalue weighted by Crippen LogP contribution is 2.31.